The minimum absolute atomic E-state index is 0.0106. The Morgan fingerprint density at radius 2 is 0.894 bits per heavy atom. The topological polar surface area (TPSA) is 302 Å². The molecular formula is C46H68N8O12. The third-order valence-electron chi connectivity index (χ3n) is 10.3. The molecule has 0 aliphatic heterocycles. The first kappa shape index (κ1) is 53.7. The summed E-state index contributed by atoms with van der Waals surface area (Å²) >= 11 is 0. The zero-order chi connectivity index (χ0) is 50.2. The van der Waals surface area contributed by atoms with E-state index in [2.05, 4.69) is 21.3 Å². The lowest BCUT2D eigenvalue weighted by Crippen LogP contribution is -2.55. The van der Waals surface area contributed by atoms with Crippen molar-refractivity contribution in [2.24, 2.45) is 23.3 Å². The molecule has 10 N–H and O–H groups in total. The quantitative estimate of drug-likeness (QED) is 0.0744. The van der Waals surface area contributed by atoms with E-state index in [0.717, 1.165) is 21.9 Å². The average Bonchev–Trinajstić information content (AvgIpc) is 3.18. The summed E-state index contributed by atoms with van der Waals surface area (Å²) in [6.07, 6.45) is -1.19. The number of rotatable bonds is 20. The molecule has 66 heavy (non-hydrogen) atoms. The number of ether oxygens (including phenoxy) is 2. The van der Waals surface area contributed by atoms with E-state index in [1.54, 1.807) is 41.5 Å². The highest BCUT2D eigenvalue weighted by molar-refractivity contribution is 6.33. The van der Waals surface area contributed by atoms with Gasteiger partial charge >= 0.3 is 12.2 Å². The molecule has 0 bridgehead atoms. The van der Waals surface area contributed by atoms with Crippen LogP contribution in [-0.2, 0) is 28.7 Å². The van der Waals surface area contributed by atoms with Gasteiger partial charge in [0, 0.05) is 37.6 Å². The largest absolute Gasteiger partial charge is 0.507 e. The number of nitrogens with zero attached hydrogens (tertiary/aromatic N) is 2. The van der Waals surface area contributed by atoms with E-state index >= 15 is 0 Å². The smallest absolute Gasteiger partial charge is 0.411 e. The lowest BCUT2D eigenvalue weighted by Gasteiger charge is -2.32. The molecule has 2 aromatic rings. The molecule has 3 rings (SSSR count). The molecule has 6 amide bonds. The van der Waals surface area contributed by atoms with Gasteiger partial charge in [-0.1, -0.05) is 27.7 Å². The number of carbonyl (C=O) groups excluding carboxylic acids is 8. The number of nitrogens with two attached hydrogens (primary N) is 2. The van der Waals surface area contributed by atoms with Gasteiger partial charge < -0.3 is 52.4 Å². The van der Waals surface area contributed by atoms with Crippen LogP contribution in [0.2, 0.25) is 0 Å². The Morgan fingerprint density at radius 1 is 0.576 bits per heavy atom. The van der Waals surface area contributed by atoms with Crippen LogP contribution in [0.25, 0.3) is 0 Å². The number of fused-ring (bicyclic) bond motifs is 2. The predicted molar refractivity (Wildman–Crippen MR) is 246 cm³/mol. The van der Waals surface area contributed by atoms with Crippen LogP contribution < -0.4 is 32.7 Å². The summed E-state index contributed by atoms with van der Waals surface area (Å²) in [7, 11) is 0. The lowest BCUT2D eigenvalue weighted by atomic mass is 9.81. The monoisotopic (exact) mass is 924 g/mol. The molecule has 4 atom stereocenters. The number of nitrogens with one attached hydrogen (secondary N) is 4. The molecule has 1 aliphatic rings. The van der Waals surface area contributed by atoms with Crippen LogP contribution in [-0.4, -0.2) is 129 Å². The Balaban J connectivity index is 2.03. The van der Waals surface area contributed by atoms with Crippen molar-refractivity contribution in [3.63, 3.8) is 0 Å². The third kappa shape index (κ3) is 14.2. The van der Waals surface area contributed by atoms with Gasteiger partial charge in [0.1, 0.15) is 46.9 Å². The molecule has 20 heteroatoms. The Morgan fingerprint density at radius 3 is 1.17 bits per heavy atom. The number of ketones is 2. The lowest BCUT2D eigenvalue weighted by molar-refractivity contribution is -0.130. The van der Waals surface area contributed by atoms with Crippen LogP contribution in [0.5, 0.6) is 11.5 Å². The molecule has 1 aliphatic carbocycles. The molecule has 364 valence electrons. The number of primary amides is 2. The van der Waals surface area contributed by atoms with Crippen molar-refractivity contribution >= 4 is 58.8 Å². The molecule has 0 unspecified atom stereocenters. The van der Waals surface area contributed by atoms with E-state index in [-0.39, 0.29) is 73.4 Å². The molecule has 0 radical (unpaired) electrons. The molecule has 20 nitrogen and oxygen atoms in total. The van der Waals surface area contributed by atoms with Crippen LogP contribution in [0, 0.1) is 11.8 Å². The molecule has 0 saturated heterocycles. The first-order valence-electron chi connectivity index (χ1n) is 21.9. The summed E-state index contributed by atoms with van der Waals surface area (Å²) in [4.78, 5) is 109. The molecule has 0 aromatic heterocycles. The van der Waals surface area contributed by atoms with Crippen molar-refractivity contribution in [1.82, 2.24) is 20.4 Å². The second-order valence-corrected chi connectivity index (χ2v) is 19.2. The summed E-state index contributed by atoms with van der Waals surface area (Å²) < 4.78 is 11.2. The van der Waals surface area contributed by atoms with Crippen molar-refractivity contribution < 1.29 is 58.0 Å². The SMILES string of the molecule is CC(C)C[C@H](NC(=O)[C@H](C)N(CCNc1ccc(NCCN(C(=O)OC(C)(C)C)[C@@H](C)C(=O)N[C@@H](CC(C)C)C(N)=O)c2c1C(=O)c1c(O)ccc(O)c1C2=O)C(=O)OC(C)(C)C)C(N)=O. The zero-order valence-corrected chi connectivity index (χ0v) is 40.0. The molecule has 0 spiro atoms. The van der Waals surface area contributed by atoms with Gasteiger partial charge in [-0.05, 0) is 104 Å². The number of anilines is 2. The second-order valence-electron chi connectivity index (χ2n) is 19.2. The first-order chi connectivity index (χ1) is 30.4. The van der Waals surface area contributed by atoms with E-state index in [4.69, 9.17) is 20.9 Å². The highest BCUT2D eigenvalue weighted by Gasteiger charge is 2.39. The van der Waals surface area contributed by atoms with Gasteiger partial charge in [0.15, 0.2) is 0 Å². The standard InChI is InChI=1S/C46H68N8O12/c1-23(2)21-29(39(47)59)51-41(61)25(5)53(43(63)65-45(7,8)9)19-17-49-27-13-14-28(34-33(27)37(57)35-31(55)15-16-32(56)36(35)38(34)58)50-18-20-54(44(64)66-46(10,11)12)26(6)42(62)52-30(40(48)60)22-24(3)4/h13-16,23-26,29-30,49-50,55-56H,17-22H2,1-12H3,(H2,47,59)(H2,48,60)(H,51,61)(H,52,62)/t25-,26-,29-,30-/m0/s1. The number of carbonyl (C=O) groups is 8. The Labute approximate surface area is 385 Å². The Hall–Kier alpha value is -6.60. The second kappa shape index (κ2) is 22.1. The maximum absolute atomic E-state index is 14.4. The van der Waals surface area contributed by atoms with Crippen LogP contribution >= 0.6 is 0 Å². The van der Waals surface area contributed by atoms with Crippen molar-refractivity contribution in [3.8, 4) is 11.5 Å². The van der Waals surface area contributed by atoms with Crippen LogP contribution in [0.3, 0.4) is 0 Å². The minimum Gasteiger partial charge on any atom is -0.507 e. The number of hydrogen-bond acceptors (Lipinski definition) is 14. The van der Waals surface area contributed by atoms with E-state index < -0.39 is 105 Å². The molecule has 0 saturated carbocycles. The van der Waals surface area contributed by atoms with Crippen molar-refractivity contribution in [2.75, 3.05) is 36.8 Å². The van der Waals surface area contributed by atoms with Crippen molar-refractivity contribution in [2.45, 2.75) is 131 Å². The number of amides is 6. The minimum atomic E-state index is -1.18. The highest BCUT2D eigenvalue weighted by atomic mass is 16.6. The zero-order valence-electron chi connectivity index (χ0n) is 40.0. The van der Waals surface area contributed by atoms with Gasteiger partial charge in [-0.15, -0.1) is 0 Å². The van der Waals surface area contributed by atoms with Crippen molar-refractivity contribution in [3.05, 3.63) is 46.5 Å². The fourth-order valence-corrected chi connectivity index (χ4v) is 7.11. The summed E-state index contributed by atoms with van der Waals surface area (Å²) in [6.45, 7) is 19.6. The Bertz CT molecular complexity index is 2030. The summed E-state index contributed by atoms with van der Waals surface area (Å²) in [5, 5.41) is 33.0. The first-order valence-corrected chi connectivity index (χ1v) is 21.9. The third-order valence-corrected chi connectivity index (χ3v) is 10.3. The van der Waals surface area contributed by atoms with Gasteiger partial charge in [0.25, 0.3) is 0 Å². The number of phenolic OH excluding ortho intramolecular Hbond substituents is 2. The maximum atomic E-state index is 14.4. The van der Waals surface area contributed by atoms with E-state index in [0.29, 0.717) is 0 Å². The number of phenols is 2. The van der Waals surface area contributed by atoms with Gasteiger partial charge in [-0.3, -0.25) is 38.6 Å². The summed E-state index contributed by atoms with van der Waals surface area (Å²) in [5.74, 6) is -5.60. The van der Waals surface area contributed by atoms with E-state index in [1.807, 2.05) is 27.7 Å². The van der Waals surface area contributed by atoms with Gasteiger partial charge in [0.05, 0.1) is 22.3 Å². The Kier molecular flexibility index (Phi) is 18.0. The molecule has 0 heterocycles. The van der Waals surface area contributed by atoms with Crippen LogP contribution in [0.15, 0.2) is 24.3 Å². The number of hydrogen-bond donors (Lipinski definition) is 8. The van der Waals surface area contributed by atoms with Crippen molar-refractivity contribution in [1.29, 1.82) is 0 Å². The van der Waals surface area contributed by atoms with Crippen LogP contribution in [0.1, 0.15) is 128 Å². The summed E-state index contributed by atoms with van der Waals surface area (Å²) in [5.41, 5.74) is 8.07. The van der Waals surface area contributed by atoms with E-state index in [9.17, 15) is 48.6 Å². The molecule has 0 fully saturated rings. The maximum Gasteiger partial charge on any atom is 0.411 e. The van der Waals surface area contributed by atoms with Gasteiger partial charge in [0.2, 0.25) is 35.2 Å². The van der Waals surface area contributed by atoms with Gasteiger partial charge in [-0.25, -0.2) is 9.59 Å². The number of benzene rings is 2. The van der Waals surface area contributed by atoms with Gasteiger partial charge in [-0.2, -0.15) is 0 Å². The van der Waals surface area contributed by atoms with E-state index in [1.165, 1.54) is 26.0 Å². The van der Waals surface area contributed by atoms with Crippen LogP contribution in [0.4, 0.5) is 21.0 Å². The fourth-order valence-electron chi connectivity index (χ4n) is 7.11. The highest BCUT2D eigenvalue weighted by Crippen LogP contribution is 2.42. The average molecular weight is 925 g/mol. The molecule has 2 aromatic carbocycles. The number of aromatic hydroxyl groups is 2. The summed E-state index contributed by atoms with van der Waals surface area (Å²) in [6, 6.07) is 0.729. The molecular weight excluding hydrogens is 857 g/mol. The fraction of sp³-hybridized carbons (Fsp3) is 0.565. The predicted octanol–water partition coefficient (Wildman–Crippen LogP) is 3.98. The normalized spacial score (nSPS) is 14.2.